The number of sulfone groups is 1. The Balaban J connectivity index is 2.76. The van der Waals surface area contributed by atoms with Gasteiger partial charge in [-0.2, -0.15) is 0 Å². The van der Waals surface area contributed by atoms with Crippen LogP contribution in [0.3, 0.4) is 0 Å². The van der Waals surface area contributed by atoms with Gasteiger partial charge in [-0.05, 0) is 18.6 Å². The molecule has 0 aliphatic carbocycles. The summed E-state index contributed by atoms with van der Waals surface area (Å²) in [4.78, 5) is 0.131. The lowest BCUT2D eigenvalue weighted by atomic mass is 10.2. The number of nitrogens with one attached hydrogen (secondary N) is 1. The van der Waals surface area contributed by atoms with Crippen LogP contribution in [0.1, 0.15) is 6.42 Å². The third kappa shape index (κ3) is 4.30. The Labute approximate surface area is 110 Å². The lowest BCUT2D eigenvalue weighted by Crippen LogP contribution is -2.10. The molecule has 1 unspecified atom stereocenters. The molecular formula is C11H18N2O3S2. The Morgan fingerprint density at radius 1 is 1.39 bits per heavy atom. The second-order valence-corrected chi connectivity index (χ2v) is 7.59. The van der Waals surface area contributed by atoms with Crippen molar-refractivity contribution < 1.29 is 12.6 Å². The van der Waals surface area contributed by atoms with Crippen molar-refractivity contribution in [2.75, 3.05) is 35.9 Å². The van der Waals surface area contributed by atoms with E-state index in [1.165, 1.54) is 6.07 Å². The molecule has 5 nitrogen and oxygen atoms in total. The van der Waals surface area contributed by atoms with Gasteiger partial charge in [-0.1, -0.05) is 6.07 Å². The molecule has 0 radical (unpaired) electrons. The highest BCUT2D eigenvalue weighted by Gasteiger charge is 2.13. The first-order chi connectivity index (χ1) is 8.32. The third-order valence-electron chi connectivity index (χ3n) is 2.39. The minimum absolute atomic E-state index is 0.131. The van der Waals surface area contributed by atoms with E-state index in [0.29, 0.717) is 18.0 Å². The van der Waals surface area contributed by atoms with Crippen LogP contribution in [0.4, 0.5) is 11.4 Å². The summed E-state index contributed by atoms with van der Waals surface area (Å²) in [5.41, 5.74) is 6.64. The van der Waals surface area contributed by atoms with Crippen LogP contribution >= 0.6 is 0 Å². The molecule has 0 fully saturated rings. The maximum Gasteiger partial charge on any atom is 0.177 e. The maximum absolute atomic E-state index is 11.5. The van der Waals surface area contributed by atoms with Crippen LogP contribution in [0.5, 0.6) is 0 Å². The summed E-state index contributed by atoms with van der Waals surface area (Å²) in [6.45, 7) is 0.608. The van der Waals surface area contributed by atoms with Gasteiger partial charge in [0.05, 0.1) is 16.3 Å². The summed E-state index contributed by atoms with van der Waals surface area (Å²) in [6, 6.07) is 4.86. The molecule has 0 saturated heterocycles. The van der Waals surface area contributed by atoms with E-state index in [-0.39, 0.29) is 10.6 Å². The van der Waals surface area contributed by atoms with Crippen molar-refractivity contribution in [3.05, 3.63) is 18.2 Å². The maximum atomic E-state index is 11.5. The average Bonchev–Trinajstić information content (AvgIpc) is 2.24. The van der Waals surface area contributed by atoms with Crippen molar-refractivity contribution in [3.63, 3.8) is 0 Å². The molecule has 1 atom stereocenters. The van der Waals surface area contributed by atoms with Crippen molar-refractivity contribution in [1.82, 2.24) is 0 Å². The van der Waals surface area contributed by atoms with Crippen LogP contribution in [0.2, 0.25) is 0 Å². The lowest BCUT2D eigenvalue weighted by Gasteiger charge is -2.11. The fourth-order valence-electron chi connectivity index (χ4n) is 1.52. The molecule has 0 aromatic heterocycles. The highest BCUT2D eigenvalue weighted by molar-refractivity contribution is 7.90. The Morgan fingerprint density at radius 3 is 2.61 bits per heavy atom. The van der Waals surface area contributed by atoms with Gasteiger partial charge < -0.3 is 11.1 Å². The van der Waals surface area contributed by atoms with Gasteiger partial charge in [0.15, 0.2) is 9.84 Å². The smallest absolute Gasteiger partial charge is 0.177 e. The van der Waals surface area contributed by atoms with Crippen molar-refractivity contribution in [3.8, 4) is 0 Å². The Kier molecular flexibility index (Phi) is 5.15. The van der Waals surface area contributed by atoms with Crippen molar-refractivity contribution in [2.45, 2.75) is 11.3 Å². The first-order valence-corrected chi connectivity index (χ1v) is 9.06. The molecule has 0 heterocycles. The highest BCUT2D eigenvalue weighted by atomic mass is 32.2. The van der Waals surface area contributed by atoms with Gasteiger partial charge in [0.1, 0.15) is 0 Å². The number of benzene rings is 1. The molecule has 18 heavy (non-hydrogen) atoms. The SMILES string of the molecule is CS(=O)CCCNc1cccc(S(C)(=O)=O)c1N. The number of para-hydroxylation sites is 1. The predicted octanol–water partition coefficient (Wildman–Crippen LogP) is 0.853. The van der Waals surface area contributed by atoms with E-state index in [1.54, 1.807) is 18.4 Å². The second-order valence-electron chi connectivity index (χ2n) is 4.05. The number of rotatable bonds is 6. The Morgan fingerprint density at radius 2 is 2.06 bits per heavy atom. The van der Waals surface area contributed by atoms with Gasteiger partial charge in [-0.25, -0.2) is 8.42 Å². The summed E-state index contributed by atoms with van der Waals surface area (Å²) in [6.07, 6.45) is 3.52. The zero-order chi connectivity index (χ0) is 13.8. The standard InChI is InChI=1S/C11H18N2O3S2/c1-17(14)8-4-7-13-9-5-3-6-10(11(9)12)18(2,15)16/h3,5-6,13H,4,7-8,12H2,1-2H3. The summed E-state index contributed by atoms with van der Waals surface area (Å²) < 4.78 is 33.8. The van der Waals surface area contributed by atoms with Crippen LogP contribution in [0.15, 0.2) is 23.1 Å². The van der Waals surface area contributed by atoms with E-state index in [2.05, 4.69) is 5.32 Å². The van der Waals surface area contributed by atoms with E-state index in [9.17, 15) is 12.6 Å². The van der Waals surface area contributed by atoms with Gasteiger partial charge >= 0.3 is 0 Å². The molecule has 0 spiro atoms. The number of nitrogen functional groups attached to an aromatic ring is 1. The van der Waals surface area contributed by atoms with Gasteiger partial charge in [0, 0.05) is 35.6 Å². The normalized spacial score (nSPS) is 13.2. The summed E-state index contributed by atoms with van der Waals surface area (Å²) in [5.74, 6) is 0.610. The molecule has 1 aromatic carbocycles. The van der Waals surface area contributed by atoms with Crippen LogP contribution < -0.4 is 11.1 Å². The fraction of sp³-hybridized carbons (Fsp3) is 0.455. The summed E-state index contributed by atoms with van der Waals surface area (Å²) in [7, 11) is -4.13. The quantitative estimate of drug-likeness (QED) is 0.599. The molecule has 0 bridgehead atoms. The van der Waals surface area contributed by atoms with E-state index in [1.807, 2.05) is 0 Å². The third-order valence-corrected chi connectivity index (χ3v) is 4.41. The lowest BCUT2D eigenvalue weighted by molar-refractivity contribution is 0.602. The Bertz CT molecular complexity index is 541. The largest absolute Gasteiger partial charge is 0.396 e. The molecule has 0 aliphatic heterocycles. The van der Waals surface area contributed by atoms with E-state index >= 15 is 0 Å². The van der Waals surface area contributed by atoms with Gasteiger partial charge in [0.25, 0.3) is 0 Å². The molecule has 7 heteroatoms. The highest BCUT2D eigenvalue weighted by Crippen LogP contribution is 2.26. The second kappa shape index (κ2) is 6.19. The van der Waals surface area contributed by atoms with Crippen molar-refractivity contribution in [2.24, 2.45) is 0 Å². The zero-order valence-electron chi connectivity index (χ0n) is 10.5. The fourth-order valence-corrected chi connectivity index (χ4v) is 2.91. The number of hydrogen-bond acceptors (Lipinski definition) is 5. The molecule has 0 amide bonds. The van der Waals surface area contributed by atoms with Gasteiger partial charge in [-0.15, -0.1) is 0 Å². The van der Waals surface area contributed by atoms with Crippen molar-refractivity contribution >= 4 is 32.0 Å². The van der Waals surface area contributed by atoms with Crippen LogP contribution in [0, 0.1) is 0 Å². The molecule has 3 N–H and O–H groups in total. The number of anilines is 2. The molecule has 1 aromatic rings. The van der Waals surface area contributed by atoms with Gasteiger partial charge in [-0.3, -0.25) is 4.21 Å². The minimum atomic E-state index is -3.31. The Hall–Kier alpha value is -1.08. The van der Waals surface area contributed by atoms with Crippen LogP contribution in [-0.2, 0) is 20.6 Å². The molecule has 1 rings (SSSR count). The molecule has 0 aliphatic rings. The summed E-state index contributed by atoms with van der Waals surface area (Å²) in [5, 5.41) is 3.06. The van der Waals surface area contributed by atoms with E-state index in [0.717, 1.165) is 12.7 Å². The first-order valence-electron chi connectivity index (χ1n) is 5.45. The van der Waals surface area contributed by atoms with Crippen LogP contribution in [-0.4, -0.2) is 37.4 Å². The minimum Gasteiger partial charge on any atom is -0.396 e. The van der Waals surface area contributed by atoms with Crippen molar-refractivity contribution in [1.29, 1.82) is 0 Å². The van der Waals surface area contributed by atoms with E-state index < -0.39 is 20.6 Å². The predicted molar refractivity (Wildman–Crippen MR) is 76.0 cm³/mol. The molecule has 102 valence electrons. The molecule has 0 saturated carbocycles. The number of hydrogen-bond donors (Lipinski definition) is 2. The van der Waals surface area contributed by atoms with Gasteiger partial charge in [0.2, 0.25) is 0 Å². The average molecular weight is 290 g/mol. The monoisotopic (exact) mass is 290 g/mol. The number of nitrogens with two attached hydrogens (primary N) is 1. The topological polar surface area (TPSA) is 89.3 Å². The zero-order valence-corrected chi connectivity index (χ0v) is 12.1. The first kappa shape index (κ1) is 15.0. The molecular weight excluding hydrogens is 272 g/mol. The summed E-state index contributed by atoms with van der Waals surface area (Å²) >= 11 is 0. The van der Waals surface area contributed by atoms with E-state index in [4.69, 9.17) is 5.73 Å². The van der Waals surface area contributed by atoms with Crippen LogP contribution in [0.25, 0.3) is 0 Å².